The minimum atomic E-state index is 0.0923. The van der Waals surface area contributed by atoms with Gasteiger partial charge in [-0.25, -0.2) is 0 Å². The van der Waals surface area contributed by atoms with Gasteiger partial charge in [-0.1, -0.05) is 28.9 Å². The van der Waals surface area contributed by atoms with Crippen LogP contribution in [0.15, 0.2) is 22.7 Å². The summed E-state index contributed by atoms with van der Waals surface area (Å²) in [5.74, 6) is 0.798. The van der Waals surface area contributed by atoms with Crippen LogP contribution in [0.4, 0.5) is 5.69 Å². The second-order valence-corrected chi connectivity index (χ2v) is 7.69. The third-order valence-corrected chi connectivity index (χ3v) is 6.02. The number of thiophene rings is 1. The van der Waals surface area contributed by atoms with E-state index in [1.165, 1.54) is 17.8 Å². The molecular formula is C16H19BrN2OS. The lowest BCUT2D eigenvalue weighted by Gasteiger charge is -2.20. The molecule has 3 nitrogen and oxygen atoms in total. The maximum Gasteiger partial charge on any atom is 0.266 e. The quantitative estimate of drug-likeness (QED) is 0.806. The van der Waals surface area contributed by atoms with Crippen LogP contribution in [0.1, 0.15) is 35.9 Å². The van der Waals surface area contributed by atoms with Crippen molar-refractivity contribution >= 4 is 48.9 Å². The van der Waals surface area contributed by atoms with E-state index in [1.54, 1.807) is 0 Å². The van der Waals surface area contributed by atoms with Crippen molar-refractivity contribution < 1.29 is 4.79 Å². The molecule has 112 valence electrons. The monoisotopic (exact) mass is 366 g/mol. The first-order valence-corrected chi connectivity index (χ1v) is 8.94. The number of nitrogens with zero attached hydrogens (tertiary/aromatic N) is 1. The molecule has 3 rings (SSSR count). The Morgan fingerprint density at radius 3 is 2.95 bits per heavy atom. The lowest BCUT2D eigenvalue weighted by atomic mass is 10.0. The van der Waals surface area contributed by atoms with E-state index in [4.69, 9.17) is 5.73 Å². The Kier molecular flexibility index (Phi) is 4.22. The maximum atomic E-state index is 12.8. The highest BCUT2D eigenvalue weighted by atomic mass is 79.9. The van der Waals surface area contributed by atoms with Gasteiger partial charge in [-0.3, -0.25) is 4.79 Å². The van der Waals surface area contributed by atoms with E-state index in [-0.39, 0.29) is 5.91 Å². The van der Waals surface area contributed by atoms with E-state index in [9.17, 15) is 4.79 Å². The number of rotatable bonds is 1. The molecule has 1 aliphatic rings. The fourth-order valence-electron chi connectivity index (χ4n) is 2.90. The van der Waals surface area contributed by atoms with Crippen LogP contribution in [0.2, 0.25) is 0 Å². The van der Waals surface area contributed by atoms with Crippen molar-refractivity contribution in [2.75, 3.05) is 18.8 Å². The molecule has 0 aliphatic carbocycles. The van der Waals surface area contributed by atoms with Crippen LogP contribution in [-0.2, 0) is 0 Å². The summed E-state index contributed by atoms with van der Waals surface area (Å²) in [7, 11) is 0. The Labute approximate surface area is 137 Å². The summed E-state index contributed by atoms with van der Waals surface area (Å²) < 4.78 is 2.02. The summed E-state index contributed by atoms with van der Waals surface area (Å²) in [6.45, 7) is 3.95. The highest BCUT2D eigenvalue weighted by Crippen LogP contribution is 2.39. The number of fused-ring (bicyclic) bond motifs is 1. The van der Waals surface area contributed by atoms with Crippen molar-refractivity contribution in [3.8, 4) is 0 Å². The number of hydrogen-bond donors (Lipinski definition) is 1. The van der Waals surface area contributed by atoms with E-state index in [1.807, 2.05) is 23.1 Å². The summed E-state index contributed by atoms with van der Waals surface area (Å²) in [6.07, 6.45) is 3.37. The van der Waals surface area contributed by atoms with Crippen molar-refractivity contribution in [1.82, 2.24) is 4.90 Å². The zero-order valence-electron chi connectivity index (χ0n) is 12.1. The van der Waals surface area contributed by atoms with Crippen molar-refractivity contribution in [2.24, 2.45) is 5.92 Å². The second-order valence-electron chi connectivity index (χ2n) is 5.79. The summed E-state index contributed by atoms with van der Waals surface area (Å²) >= 11 is 5.03. The first kappa shape index (κ1) is 14.9. The third kappa shape index (κ3) is 2.81. The summed E-state index contributed by atoms with van der Waals surface area (Å²) in [4.78, 5) is 15.5. The Balaban J connectivity index is 1.94. The minimum Gasteiger partial charge on any atom is -0.397 e. The van der Waals surface area contributed by atoms with Gasteiger partial charge in [-0.05, 0) is 37.3 Å². The molecule has 1 aromatic carbocycles. The molecule has 1 fully saturated rings. The van der Waals surface area contributed by atoms with E-state index < -0.39 is 0 Å². The van der Waals surface area contributed by atoms with Crippen LogP contribution in [0.5, 0.6) is 0 Å². The largest absolute Gasteiger partial charge is 0.397 e. The van der Waals surface area contributed by atoms with Gasteiger partial charge in [0.25, 0.3) is 5.91 Å². The average molecular weight is 367 g/mol. The van der Waals surface area contributed by atoms with Gasteiger partial charge >= 0.3 is 0 Å². The lowest BCUT2D eigenvalue weighted by Crippen LogP contribution is -2.31. The number of carbonyl (C=O) groups excluding carboxylic acids is 1. The van der Waals surface area contributed by atoms with Crippen LogP contribution in [0.3, 0.4) is 0 Å². The molecule has 1 aliphatic heterocycles. The smallest absolute Gasteiger partial charge is 0.266 e. The van der Waals surface area contributed by atoms with Gasteiger partial charge in [0.1, 0.15) is 4.88 Å². The normalized spacial score (nSPS) is 19.7. The molecule has 2 N–H and O–H groups in total. The molecule has 1 saturated heterocycles. The molecule has 1 unspecified atom stereocenters. The molecule has 0 spiro atoms. The summed E-state index contributed by atoms with van der Waals surface area (Å²) in [5.41, 5.74) is 6.86. The molecule has 1 aromatic heterocycles. The number of hydrogen-bond acceptors (Lipinski definition) is 3. The van der Waals surface area contributed by atoms with Gasteiger partial charge in [0.05, 0.1) is 5.69 Å². The van der Waals surface area contributed by atoms with Gasteiger partial charge in [-0.2, -0.15) is 0 Å². The number of nitrogens with two attached hydrogens (primary N) is 1. The predicted octanol–water partition coefficient (Wildman–Crippen LogP) is 4.51. The number of halogens is 1. The maximum absolute atomic E-state index is 12.8. The van der Waals surface area contributed by atoms with Crippen LogP contribution < -0.4 is 5.73 Å². The SMILES string of the molecule is CC1CCCN(C(=O)c2sc3cccc(Br)c3c2N)CC1. The third-order valence-electron chi connectivity index (χ3n) is 4.20. The Morgan fingerprint density at radius 2 is 2.19 bits per heavy atom. The number of anilines is 1. The van der Waals surface area contributed by atoms with Gasteiger partial charge in [0, 0.05) is 27.6 Å². The zero-order valence-corrected chi connectivity index (χ0v) is 14.5. The van der Waals surface area contributed by atoms with Crippen molar-refractivity contribution in [3.05, 3.63) is 27.5 Å². The molecule has 5 heteroatoms. The standard InChI is InChI=1S/C16H19BrN2OS/c1-10-4-3-8-19(9-7-10)16(20)15-14(18)13-11(17)5-2-6-12(13)21-15/h2,5-6,10H,3-4,7-9,18H2,1H3. The van der Waals surface area contributed by atoms with E-state index in [2.05, 4.69) is 22.9 Å². The molecule has 2 heterocycles. The number of carbonyl (C=O) groups is 1. The first-order valence-electron chi connectivity index (χ1n) is 7.33. The minimum absolute atomic E-state index is 0.0923. The van der Waals surface area contributed by atoms with Crippen LogP contribution in [0.25, 0.3) is 10.1 Å². The van der Waals surface area contributed by atoms with Crippen LogP contribution in [-0.4, -0.2) is 23.9 Å². The lowest BCUT2D eigenvalue weighted by molar-refractivity contribution is 0.0766. The van der Waals surface area contributed by atoms with Crippen LogP contribution in [0, 0.1) is 5.92 Å². The van der Waals surface area contributed by atoms with Crippen molar-refractivity contribution in [1.29, 1.82) is 0 Å². The fraction of sp³-hybridized carbons (Fsp3) is 0.438. The highest BCUT2D eigenvalue weighted by Gasteiger charge is 2.24. The number of nitrogen functional groups attached to an aromatic ring is 1. The molecule has 1 amide bonds. The molecule has 0 bridgehead atoms. The Morgan fingerprint density at radius 1 is 1.38 bits per heavy atom. The number of likely N-dealkylation sites (tertiary alicyclic amines) is 1. The first-order chi connectivity index (χ1) is 10.1. The molecule has 2 aromatic rings. The van der Waals surface area contributed by atoms with Gasteiger partial charge in [0.15, 0.2) is 0 Å². The highest BCUT2D eigenvalue weighted by molar-refractivity contribution is 9.10. The van der Waals surface area contributed by atoms with E-state index in [0.717, 1.165) is 40.5 Å². The molecular weight excluding hydrogens is 348 g/mol. The summed E-state index contributed by atoms with van der Waals surface area (Å²) in [5, 5.41) is 0.967. The zero-order chi connectivity index (χ0) is 15.0. The second kappa shape index (κ2) is 5.97. The Bertz CT molecular complexity index is 682. The predicted molar refractivity (Wildman–Crippen MR) is 92.9 cm³/mol. The molecule has 0 saturated carbocycles. The summed E-state index contributed by atoms with van der Waals surface area (Å²) in [6, 6.07) is 5.96. The molecule has 0 radical (unpaired) electrons. The van der Waals surface area contributed by atoms with E-state index >= 15 is 0 Å². The Hall–Kier alpha value is -1.07. The van der Waals surface area contributed by atoms with Gasteiger partial charge in [0.2, 0.25) is 0 Å². The number of amides is 1. The van der Waals surface area contributed by atoms with Crippen molar-refractivity contribution in [3.63, 3.8) is 0 Å². The molecule has 1 atom stereocenters. The van der Waals surface area contributed by atoms with Crippen LogP contribution >= 0.6 is 27.3 Å². The molecule has 21 heavy (non-hydrogen) atoms. The van der Waals surface area contributed by atoms with Gasteiger partial charge < -0.3 is 10.6 Å². The topological polar surface area (TPSA) is 46.3 Å². The number of benzene rings is 1. The van der Waals surface area contributed by atoms with Gasteiger partial charge in [-0.15, -0.1) is 11.3 Å². The fourth-order valence-corrected chi connectivity index (χ4v) is 4.73. The van der Waals surface area contributed by atoms with E-state index in [0.29, 0.717) is 16.5 Å². The van der Waals surface area contributed by atoms with Crippen molar-refractivity contribution in [2.45, 2.75) is 26.2 Å². The average Bonchev–Trinajstić information content (AvgIpc) is 2.65.